The predicted octanol–water partition coefficient (Wildman–Crippen LogP) is -1.18. The van der Waals surface area contributed by atoms with E-state index in [9.17, 15) is 0 Å². The Hall–Kier alpha value is 0.320. The molecular formula is C5H9BrO4. The lowest BCUT2D eigenvalue weighted by Crippen LogP contribution is -2.32. The van der Waals surface area contributed by atoms with Crippen molar-refractivity contribution in [2.75, 3.05) is 5.33 Å². The summed E-state index contributed by atoms with van der Waals surface area (Å²) >= 11 is 3.06. The third kappa shape index (κ3) is 1.33. The minimum atomic E-state index is -1.25. The number of ether oxygens (including phenoxy) is 1. The van der Waals surface area contributed by atoms with Crippen LogP contribution >= 0.6 is 15.9 Å². The summed E-state index contributed by atoms with van der Waals surface area (Å²) < 4.78 is 4.74. The molecule has 0 aliphatic carbocycles. The van der Waals surface area contributed by atoms with Crippen molar-refractivity contribution in [2.24, 2.45) is 0 Å². The summed E-state index contributed by atoms with van der Waals surface area (Å²) in [7, 11) is 0. The van der Waals surface area contributed by atoms with Gasteiger partial charge in [0.25, 0.3) is 0 Å². The van der Waals surface area contributed by atoms with Gasteiger partial charge in [0.2, 0.25) is 0 Å². The SMILES string of the molecule is O[C@@H]1[C@@H](O)[C@@H](CBr)O[C@H]1O. The molecule has 4 nitrogen and oxygen atoms in total. The second kappa shape index (κ2) is 3.15. The molecule has 0 amide bonds. The fourth-order valence-corrected chi connectivity index (χ4v) is 1.39. The smallest absolute Gasteiger partial charge is 0.183 e. The largest absolute Gasteiger partial charge is 0.387 e. The van der Waals surface area contributed by atoms with Crippen LogP contribution in [0.2, 0.25) is 0 Å². The van der Waals surface area contributed by atoms with E-state index >= 15 is 0 Å². The molecule has 0 aromatic carbocycles. The highest BCUT2D eigenvalue weighted by Crippen LogP contribution is 2.20. The molecule has 4 atom stereocenters. The van der Waals surface area contributed by atoms with E-state index in [0.29, 0.717) is 5.33 Å². The van der Waals surface area contributed by atoms with Gasteiger partial charge >= 0.3 is 0 Å². The maximum Gasteiger partial charge on any atom is 0.183 e. The zero-order valence-electron chi connectivity index (χ0n) is 5.14. The first kappa shape index (κ1) is 8.42. The summed E-state index contributed by atoms with van der Waals surface area (Å²) in [6.45, 7) is 0. The van der Waals surface area contributed by atoms with Gasteiger partial charge in [-0.2, -0.15) is 0 Å². The molecule has 0 bridgehead atoms. The van der Waals surface area contributed by atoms with Crippen molar-refractivity contribution in [3.8, 4) is 0 Å². The Balaban J connectivity index is 2.53. The Morgan fingerprint density at radius 2 is 1.80 bits per heavy atom. The number of aliphatic hydroxyl groups excluding tert-OH is 3. The maximum absolute atomic E-state index is 9.06. The maximum atomic E-state index is 9.06. The van der Waals surface area contributed by atoms with Crippen LogP contribution in [0, 0.1) is 0 Å². The van der Waals surface area contributed by atoms with E-state index in [1.165, 1.54) is 0 Å². The fraction of sp³-hybridized carbons (Fsp3) is 1.00. The van der Waals surface area contributed by atoms with E-state index < -0.39 is 24.6 Å². The molecule has 0 saturated carbocycles. The van der Waals surface area contributed by atoms with Crippen LogP contribution in [0.5, 0.6) is 0 Å². The standard InChI is InChI=1S/C5H9BrO4/c6-1-2-3(7)4(8)5(9)10-2/h2-5,7-9H,1H2/t2-,3+,4-,5-/m1/s1. The van der Waals surface area contributed by atoms with Crippen LogP contribution < -0.4 is 0 Å². The predicted molar refractivity (Wildman–Crippen MR) is 36.7 cm³/mol. The van der Waals surface area contributed by atoms with E-state index in [-0.39, 0.29) is 0 Å². The zero-order valence-corrected chi connectivity index (χ0v) is 6.73. The first-order valence-corrected chi connectivity index (χ1v) is 4.04. The number of halogens is 1. The molecule has 1 heterocycles. The molecule has 0 unspecified atom stereocenters. The molecule has 0 aromatic heterocycles. The van der Waals surface area contributed by atoms with E-state index in [2.05, 4.69) is 15.9 Å². The van der Waals surface area contributed by atoms with Crippen molar-refractivity contribution >= 4 is 15.9 Å². The molecule has 1 aliphatic heterocycles. The Kier molecular flexibility index (Phi) is 2.65. The van der Waals surface area contributed by atoms with Gasteiger partial charge in [-0.15, -0.1) is 0 Å². The molecule has 1 aliphatic rings. The number of aliphatic hydroxyl groups is 3. The van der Waals surface area contributed by atoms with Crippen molar-refractivity contribution in [1.82, 2.24) is 0 Å². The lowest BCUT2D eigenvalue weighted by molar-refractivity contribution is -0.123. The van der Waals surface area contributed by atoms with E-state index in [4.69, 9.17) is 20.1 Å². The molecule has 1 rings (SSSR count). The Bertz CT molecular complexity index is 120. The van der Waals surface area contributed by atoms with Gasteiger partial charge < -0.3 is 20.1 Å². The van der Waals surface area contributed by atoms with Crippen LogP contribution in [0.15, 0.2) is 0 Å². The molecule has 1 fully saturated rings. The van der Waals surface area contributed by atoms with Crippen molar-refractivity contribution < 1.29 is 20.1 Å². The second-order valence-corrected chi connectivity index (χ2v) is 2.85. The van der Waals surface area contributed by atoms with Crippen LogP contribution in [-0.2, 0) is 4.74 Å². The minimum absolute atomic E-state index is 0.405. The van der Waals surface area contributed by atoms with Crippen molar-refractivity contribution in [1.29, 1.82) is 0 Å². The summed E-state index contributed by atoms with van der Waals surface area (Å²) in [5, 5.41) is 27.2. The number of hydrogen-bond donors (Lipinski definition) is 3. The molecular weight excluding hydrogens is 204 g/mol. The number of hydrogen-bond acceptors (Lipinski definition) is 4. The van der Waals surface area contributed by atoms with Gasteiger partial charge in [0.1, 0.15) is 12.2 Å². The number of alkyl halides is 1. The van der Waals surface area contributed by atoms with Gasteiger partial charge in [-0.25, -0.2) is 0 Å². The monoisotopic (exact) mass is 212 g/mol. The van der Waals surface area contributed by atoms with Crippen molar-refractivity contribution in [3.63, 3.8) is 0 Å². The van der Waals surface area contributed by atoms with Gasteiger partial charge in [0, 0.05) is 5.33 Å². The summed E-state index contributed by atoms with van der Waals surface area (Å²) in [5.41, 5.74) is 0. The Labute approximate surface area is 66.6 Å². The highest BCUT2D eigenvalue weighted by atomic mass is 79.9. The average molecular weight is 213 g/mol. The van der Waals surface area contributed by atoms with E-state index in [1.807, 2.05) is 0 Å². The van der Waals surface area contributed by atoms with Gasteiger partial charge in [0.15, 0.2) is 6.29 Å². The molecule has 10 heavy (non-hydrogen) atoms. The average Bonchev–Trinajstić information content (AvgIpc) is 2.17. The Morgan fingerprint density at radius 1 is 1.20 bits per heavy atom. The first-order chi connectivity index (χ1) is 4.66. The van der Waals surface area contributed by atoms with Gasteiger partial charge in [-0.3, -0.25) is 0 Å². The molecule has 60 valence electrons. The topological polar surface area (TPSA) is 69.9 Å². The van der Waals surface area contributed by atoms with Gasteiger partial charge in [-0.05, 0) is 0 Å². The lowest BCUT2D eigenvalue weighted by Gasteiger charge is -2.09. The Morgan fingerprint density at radius 3 is 2.00 bits per heavy atom. The number of rotatable bonds is 1. The molecule has 0 radical (unpaired) electrons. The first-order valence-electron chi connectivity index (χ1n) is 2.92. The quantitative estimate of drug-likeness (QED) is 0.479. The van der Waals surface area contributed by atoms with Crippen LogP contribution in [0.4, 0.5) is 0 Å². The normalized spacial score (nSPS) is 48.0. The minimum Gasteiger partial charge on any atom is -0.387 e. The van der Waals surface area contributed by atoms with Crippen LogP contribution in [0.25, 0.3) is 0 Å². The third-order valence-electron chi connectivity index (χ3n) is 1.49. The summed E-state index contributed by atoms with van der Waals surface area (Å²) in [6.07, 6.45) is -3.93. The summed E-state index contributed by atoms with van der Waals surface area (Å²) in [5.74, 6) is 0. The van der Waals surface area contributed by atoms with Crippen molar-refractivity contribution in [2.45, 2.75) is 24.6 Å². The molecule has 5 heteroatoms. The summed E-state index contributed by atoms with van der Waals surface area (Å²) in [4.78, 5) is 0. The summed E-state index contributed by atoms with van der Waals surface area (Å²) in [6, 6.07) is 0. The molecule has 0 aromatic rings. The van der Waals surface area contributed by atoms with Gasteiger partial charge in [-0.1, -0.05) is 15.9 Å². The molecule has 1 saturated heterocycles. The molecule has 3 N–H and O–H groups in total. The van der Waals surface area contributed by atoms with E-state index in [0.717, 1.165) is 0 Å². The van der Waals surface area contributed by atoms with Crippen LogP contribution in [0.3, 0.4) is 0 Å². The van der Waals surface area contributed by atoms with Crippen LogP contribution in [-0.4, -0.2) is 45.3 Å². The lowest BCUT2D eigenvalue weighted by atomic mass is 10.2. The van der Waals surface area contributed by atoms with Gasteiger partial charge in [0.05, 0.1) is 6.10 Å². The molecule has 0 spiro atoms. The third-order valence-corrected chi connectivity index (χ3v) is 2.13. The van der Waals surface area contributed by atoms with E-state index in [1.54, 1.807) is 0 Å². The fourth-order valence-electron chi connectivity index (χ4n) is 0.856. The van der Waals surface area contributed by atoms with Crippen LogP contribution in [0.1, 0.15) is 0 Å². The highest BCUT2D eigenvalue weighted by molar-refractivity contribution is 9.09. The zero-order chi connectivity index (χ0) is 7.72. The van der Waals surface area contributed by atoms with Crippen molar-refractivity contribution in [3.05, 3.63) is 0 Å². The second-order valence-electron chi connectivity index (χ2n) is 2.20. The highest BCUT2D eigenvalue weighted by Gasteiger charge is 2.40.